The first-order valence-corrected chi connectivity index (χ1v) is 8.65. The highest BCUT2D eigenvalue weighted by Gasteiger charge is 2.17. The Morgan fingerprint density at radius 2 is 1.92 bits per heavy atom. The van der Waals surface area contributed by atoms with E-state index in [0.717, 1.165) is 44.2 Å². The fourth-order valence-corrected chi connectivity index (χ4v) is 2.97. The van der Waals surface area contributed by atoms with Crippen LogP contribution in [-0.4, -0.2) is 50.6 Å². The Morgan fingerprint density at radius 1 is 1.16 bits per heavy atom. The van der Waals surface area contributed by atoms with Crippen LogP contribution >= 0.6 is 0 Å². The standard InChI is InChI=1S/C19H25N3O3/c1-24-17-6-4-16(5-7-17)22-12-10-21(11-13-22)9-8-19(23)20-15-18-3-2-14-25-18/h2-7,14H,8-13,15H2,1H3,(H,20,23). The van der Waals surface area contributed by atoms with Gasteiger partial charge in [-0.3, -0.25) is 9.69 Å². The number of hydrogen-bond donors (Lipinski definition) is 1. The van der Waals surface area contributed by atoms with Gasteiger partial charge < -0.3 is 19.4 Å². The fraction of sp³-hybridized carbons (Fsp3) is 0.421. The van der Waals surface area contributed by atoms with Crippen molar-refractivity contribution in [1.82, 2.24) is 10.2 Å². The molecule has 2 aromatic rings. The molecule has 25 heavy (non-hydrogen) atoms. The Hall–Kier alpha value is -2.47. The Labute approximate surface area is 148 Å². The number of amides is 1. The van der Waals surface area contributed by atoms with Crippen molar-refractivity contribution in [3.63, 3.8) is 0 Å². The highest BCUT2D eigenvalue weighted by atomic mass is 16.5. The Balaban J connectivity index is 1.36. The number of nitrogens with zero attached hydrogens (tertiary/aromatic N) is 2. The zero-order valence-corrected chi connectivity index (χ0v) is 14.6. The summed E-state index contributed by atoms with van der Waals surface area (Å²) in [7, 11) is 1.68. The zero-order chi connectivity index (χ0) is 17.5. The number of carbonyl (C=O) groups is 1. The minimum Gasteiger partial charge on any atom is -0.497 e. The summed E-state index contributed by atoms with van der Waals surface area (Å²) in [4.78, 5) is 16.6. The van der Waals surface area contributed by atoms with Crippen LogP contribution in [0.4, 0.5) is 5.69 Å². The van der Waals surface area contributed by atoms with Crippen LogP contribution in [0.5, 0.6) is 5.75 Å². The number of piperazine rings is 1. The normalized spacial score (nSPS) is 15.2. The number of hydrogen-bond acceptors (Lipinski definition) is 5. The van der Waals surface area contributed by atoms with E-state index in [1.807, 2.05) is 24.3 Å². The lowest BCUT2D eigenvalue weighted by molar-refractivity contribution is -0.121. The van der Waals surface area contributed by atoms with Gasteiger partial charge in [0.1, 0.15) is 11.5 Å². The number of furan rings is 1. The molecule has 6 heteroatoms. The van der Waals surface area contributed by atoms with Crippen molar-refractivity contribution in [2.24, 2.45) is 0 Å². The average Bonchev–Trinajstić information content (AvgIpc) is 3.19. The number of methoxy groups -OCH3 is 1. The predicted octanol–water partition coefficient (Wildman–Crippen LogP) is 2.12. The highest BCUT2D eigenvalue weighted by Crippen LogP contribution is 2.20. The van der Waals surface area contributed by atoms with Gasteiger partial charge in [0.2, 0.25) is 5.91 Å². The molecular formula is C19H25N3O3. The average molecular weight is 343 g/mol. The van der Waals surface area contributed by atoms with Crippen molar-refractivity contribution in [2.75, 3.05) is 44.7 Å². The van der Waals surface area contributed by atoms with Gasteiger partial charge in [0.05, 0.1) is 19.9 Å². The Bertz CT molecular complexity index is 647. The van der Waals surface area contributed by atoms with E-state index in [1.165, 1.54) is 5.69 Å². The second-order valence-corrected chi connectivity index (χ2v) is 6.13. The van der Waals surface area contributed by atoms with Crippen LogP contribution < -0.4 is 15.0 Å². The van der Waals surface area contributed by atoms with Gasteiger partial charge in [-0.1, -0.05) is 0 Å². The highest BCUT2D eigenvalue weighted by molar-refractivity contribution is 5.75. The fourth-order valence-electron chi connectivity index (χ4n) is 2.97. The van der Waals surface area contributed by atoms with Crippen molar-refractivity contribution >= 4 is 11.6 Å². The molecule has 2 heterocycles. The van der Waals surface area contributed by atoms with Crippen LogP contribution in [0.2, 0.25) is 0 Å². The van der Waals surface area contributed by atoms with E-state index < -0.39 is 0 Å². The molecule has 1 N–H and O–H groups in total. The molecule has 0 aliphatic carbocycles. The molecule has 1 amide bonds. The minimum absolute atomic E-state index is 0.0639. The first-order valence-electron chi connectivity index (χ1n) is 8.65. The second-order valence-electron chi connectivity index (χ2n) is 6.13. The van der Waals surface area contributed by atoms with Crippen LogP contribution in [0.1, 0.15) is 12.2 Å². The van der Waals surface area contributed by atoms with Crippen LogP contribution in [0, 0.1) is 0 Å². The number of nitrogens with one attached hydrogen (secondary N) is 1. The molecule has 0 saturated carbocycles. The van der Waals surface area contributed by atoms with Crippen LogP contribution in [0.15, 0.2) is 47.1 Å². The maximum atomic E-state index is 11.9. The number of benzene rings is 1. The van der Waals surface area contributed by atoms with Gasteiger partial charge in [0.25, 0.3) is 0 Å². The monoisotopic (exact) mass is 343 g/mol. The summed E-state index contributed by atoms with van der Waals surface area (Å²) in [5.74, 6) is 1.72. The second kappa shape index (κ2) is 8.58. The van der Waals surface area contributed by atoms with Gasteiger partial charge in [-0.05, 0) is 36.4 Å². The van der Waals surface area contributed by atoms with E-state index in [2.05, 4.69) is 27.2 Å². The third kappa shape index (κ3) is 5.00. The van der Waals surface area contributed by atoms with Gasteiger partial charge in [0, 0.05) is 44.8 Å². The smallest absolute Gasteiger partial charge is 0.221 e. The molecule has 0 radical (unpaired) electrons. The van der Waals surface area contributed by atoms with Crippen LogP contribution in [0.3, 0.4) is 0 Å². The van der Waals surface area contributed by atoms with E-state index in [1.54, 1.807) is 13.4 Å². The number of ether oxygens (including phenoxy) is 1. The molecule has 6 nitrogen and oxygen atoms in total. The molecule has 1 aliphatic heterocycles. The molecule has 1 aliphatic rings. The van der Waals surface area contributed by atoms with E-state index >= 15 is 0 Å². The lowest BCUT2D eigenvalue weighted by Gasteiger charge is -2.36. The van der Waals surface area contributed by atoms with E-state index in [9.17, 15) is 4.79 Å². The molecule has 1 aromatic carbocycles. The number of anilines is 1. The van der Waals surface area contributed by atoms with Gasteiger partial charge in [-0.25, -0.2) is 0 Å². The first kappa shape index (κ1) is 17.4. The Kier molecular flexibility index (Phi) is 5.95. The summed E-state index contributed by atoms with van der Waals surface area (Å²) < 4.78 is 10.4. The van der Waals surface area contributed by atoms with Crippen molar-refractivity contribution in [3.05, 3.63) is 48.4 Å². The Morgan fingerprint density at radius 3 is 2.56 bits per heavy atom. The molecular weight excluding hydrogens is 318 g/mol. The molecule has 0 unspecified atom stereocenters. The summed E-state index contributed by atoms with van der Waals surface area (Å²) in [5.41, 5.74) is 1.22. The number of carbonyl (C=O) groups excluding carboxylic acids is 1. The number of rotatable bonds is 7. The maximum Gasteiger partial charge on any atom is 0.221 e. The van der Waals surface area contributed by atoms with Gasteiger partial charge in [-0.2, -0.15) is 0 Å². The molecule has 0 spiro atoms. The summed E-state index contributed by atoms with van der Waals surface area (Å²) in [6.07, 6.45) is 2.13. The van der Waals surface area contributed by atoms with Crippen molar-refractivity contribution in [2.45, 2.75) is 13.0 Å². The predicted molar refractivity (Wildman–Crippen MR) is 96.8 cm³/mol. The maximum absolute atomic E-state index is 11.9. The van der Waals surface area contributed by atoms with Crippen LogP contribution in [0.25, 0.3) is 0 Å². The minimum atomic E-state index is 0.0639. The van der Waals surface area contributed by atoms with Gasteiger partial charge in [0.15, 0.2) is 0 Å². The van der Waals surface area contributed by atoms with Crippen molar-refractivity contribution in [3.8, 4) is 5.75 Å². The molecule has 134 valence electrons. The van der Waals surface area contributed by atoms with E-state index in [4.69, 9.17) is 9.15 Å². The van der Waals surface area contributed by atoms with E-state index in [-0.39, 0.29) is 5.91 Å². The van der Waals surface area contributed by atoms with Gasteiger partial charge >= 0.3 is 0 Å². The zero-order valence-electron chi connectivity index (χ0n) is 14.6. The quantitative estimate of drug-likeness (QED) is 0.834. The largest absolute Gasteiger partial charge is 0.497 e. The lowest BCUT2D eigenvalue weighted by Crippen LogP contribution is -2.47. The molecule has 0 bridgehead atoms. The summed E-state index contributed by atoms with van der Waals surface area (Å²) in [6, 6.07) is 11.9. The third-order valence-corrected chi connectivity index (χ3v) is 4.50. The third-order valence-electron chi connectivity index (χ3n) is 4.50. The lowest BCUT2D eigenvalue weighted by atomic mass is 10.2. The topological polar surface area (TPSA) is 58.0 Å². The summed E-state index contributed by atoms with van der Waals surface area (Å²) >= 11 is 0. The van der Waals surface area contributed by atoms with Crippen molar-refractivity contribution in [1.29, 1.82) is 0 Å². The van der Waals surface area contributed by atoms with Crippen LogP contribution in [-0.2, 0) is 11.3 Å². The molecule has 1 aromatic heterocycles. The molecule has 0 atom stereocenters. The summed E-state index contributed by atoms with van der Waals surface area (Å²) in [6.45, 7) is 5.13. The van der Waals surface area contributed by atoms with E-state index in [0.29, 0.717) is 13.0 Å². The summed E-state index contributed by atoms with van der Waals surface area (Å²) in [5, 5.41) is 2.89. The SMILES string of the molecule is COc1ccc(N2CCN(CCC(=O)NCc3ccco3)CC2)cc1. The molecule has 1 saturated heterocycles. The molecule has 1 fully saturated rings. The van der Waals surface area contributed by atoms with Gasteiger partial charge in [-0.15, -0.1) is 0 Å². The first-order chi connectivity index (χ1) is 12.2. The van der Waals surface area contributed by atoms with Crippen molar-refractivity contribution < 1.29 is 13.9 Å². The molecule has 3 rings (SSSR count).